The van der Waals surface area contributed by atoms with Crippen molar-refractivity contribution in [2.24, 2.45) is 0 Å². The van der Waals surface area contributed by atoms with Crippen molar-refractivity contribution < 1.29 is 9.21 Å². The molecular weight excluding hydrogens is 382 g/mol. The van der Waals surface area contributed by atoms with Gasteiger partial charge in [0.25, 0.3) is 5.91 Å². The van der Waals surface area contributed by atoms with Gasteiger partial charge in [0.05, 0.1) is 6.54 Å². The molecule has 0 atom stereocenters. The molecule has 0 aliphatic rings. The fourth-order valence-electron chi connectivity index (χ4n) is 3.56. The van der Waals surface area contributed by atoms with E-state index in [4.69, 9.17) is 4.42 Å². The summed E-state index contributed by atoms with van der Waals surface area (Å²) in [6.45, 7) is 4.26. The summed E-state index contributed by atoms with van der Waals surface area (Å²) in [6.07, 6.45) is 5.77. The Morgan fingerprint density at radius 1 is 0.903 bits per heavy atom. The van der Waals surface area contributed by atoms with Gasteiger partial charge in [0.1, 0.15) is 11.3 Å². The number of para-hydroxylation sites is 2. The van der Waals surface area contributed by atoms with Gasteiger partial charge in [-0.25, -0.2) is 0 Å². The van der Waals surface area contributed by atoms with E-state index in [1.54, 1.807) is 4.90 Å². The Morgan fingerprint density at radius 3 is 2.26 bits per heavy atom. The number of nitrogens with zero attached hydrogens (tertiary/aromatic N) is 1. The molecule has 1 amide bonds. The van der Waals surface area contributed by atoms with Crippen molar-refractivity contribution in [3.8, 4) is 0 Å². The topological polar surface area (TPSA) is 33.5 Å². The Hall–Kier alpha value is -3.85. The highest BCUT2D eigenvalue weighted by molar-refractivity contribution is 6.05. The van der Waals surface area contributed by atoms with Gasteiger partial charge in [-0.2, -0.15) is 0 Å². The zero-order chi connectivity index (χ0) is 21.6. The average molecular weight is 408 g/mol. The van der Waals surface area contributed by atoms with Crippen LogP contribution < -0.4 is 4.90 Å². The van der Waals surface area contributed by atoms with E-state index in [1.165, 1.54) is 0 Å². The van der Waals surface area contributed by atoms with E-state index >= 15 is 0 Å². The fourth-order valence-corrected chi connectivity index (χ4v) is 3.56. The summed E-state index contributed by atoms with van der Waals surface area (Å²) in [5.74, 6) is 0.745. The molecule has 1 aromatic heterocycles. The largest absolute Gasteiger partial charge is 0.459 e. The fraction of sp³-hybridized carbons (Fsp3) is 0.107. The molecule has 31 heavy (non-hydrogen) atoms. The van der Waals surface area contributed by atoms with Crippen molar-refractivity contribution in [3.63, 3.8) is 0 Å². The Kier molecular flexibility index (Phi) is 6.13. The quantitative estimate of drug-likeness (QED) is 0.256. The second kappa shape index (κ2) is 9.31. The maximum Gasteiger partial charge on any atom is 0.254 e. The number of carbonyl (C=O) groups excluding carboxylic acids is 1. The summed E-state index contributed by atoms with van der Waals surface area (Å²) in [5.41, 5.74) is 4.50. The summed E-state index contributed by atoms with van der Waals surface area (Å²) in [6, 6.07) is 27.7. The molecule has 4 aromatic rings. The summed E-state index contributed by atoms with van der Waals surface area (Å²) in [5, 5.41) is 1.08. The molecule has 0 spiro atoms. The molecule has 0 fully saturated rings. The molecule has 0 saturated heterocycles. The second-order valence-corrected chi connectivity index (χ2v) is 7.49. The van der Waals surface area contributed by atoms with Crippen molar-refractivity contribution in [1.29, 1.82) is 0 Å². The highest BCUT2D eigenvalue weighted by atomic mass is 16.3. The standard InChI is InChI=1S/C28H25NO2/c1-21(12-11-15-23-13-5-3-6-14-23)28(30)29(24-16-7-4-8-17-24)20-27-22(2)25-18-9-10-19-26(25)31-27/h3-19H,20H2,1-2H3/b15-11+,21-12+. The molecule has 3 heteroatoms. The molecule has 0 bridgehead atoms. The van der Waals surface area contributed by atoms with E-state index in [0.29, 0.717) is 12.1 Å². The van der Waals surface area contributed by atoms with Crippen molar-refractivity contribution in [2.45, 2.75) is 20.4 Å². The number of anilines is 1. The van der Waals surface area contributed by atoms with Gasteiger partial charge in [-0.1, -0.05) is 85.0 Å². The minimum atomic E-state index is -0.0521. The highest BCUT2D eigenvalue weighted by Gasteiger charge is 2.21. The molecule has 3 nitrogen and oxygen atoms in total. The van der Waals surface area contributed by atoms with Crippen LogP contribution in [-0.2, 0) is 11.3 Å². The first kappa shape index (κ1) is 20.4. The summed E-state index contributed by atoms with van der Waals surface area (Å²) in [7, 11) is 0. The van der Waals surface area contributed by atoms with Gasteiger partial charge < -0.3 is 9.32 Å². The number of amides is 1. The van der Waals surface area contributed by atoms with Crippen LogP contribution in [0.3, 0.4) is 0 Å². The predicted octanol–water partition coefficient (Wildman–Crippen LogP) is 6.93. The molecule has 0 radical (unpaired) electrons. The lowest BCUT2D eigenvalue weighted by Gasteiger charge is -2.22. The lowest BCUT2D eigenvalue weighted by molar-refractivity contribution is -0.115. The lowest BCUT2D eigenvalue weighted by Crippen LogP contribution is -2.31. The number of carbonyl (C=O) groups is 1. The second-order valence-electron chi connectivity index (χ2n) is 7.49. The van der Waals surface area contributed by atoms with Crippen molar-refractivity contribution in [3.05, 3.63) is 120 Å². The molecule has 0 saturated carbocycles. The normalized spacial score (nSPS) is 11.9. The first-order chi connectivity index (χ1) is 15.1. The maximum atomic E-state index is 13.4. The van der Waals surface area contributed by atoms with Crippen LogP contribution in [0.1, 0.15) is 23.8 Å². The van der Waals surface area contributed by atoms with Crippen LogP contribution in [0, 0.1) is 6.92 Å². The van der Waals surface area contributed by atoms with E-state index in [0.717, 1.165) is 33.5 Å². The zero-order valence-corrected chi connectivity index (χ0v) is 17.8. The molecule has 154 valence electrons. The molecule has 0 aliphatic carbocycles. The zero-order valence-electron chi connectivity index (χ0n) is 17.8. The third-order valence-corrected chi connectivity index (χ3v) is 5.33. The Balaban J connectivity index is 1.63. The third-order valence-electron chi connectivity index (χ3n) is 5.33. The van der Waals surface area contributed by atoms with Crippen LogP contribution in [0.4, 0.5) is 5.69 Å². The predicted molar refractivity (Wildman–Crippen MR) is 128 cm³/mol. The van der Waals surface area contributed by atoms with Crippen LogP contribution >= 0.6 is 0 Å². The van der Waals surface area contributed by atoms with Crippen molar-refractivity contribution in [1.82, 2.24) is 0 Å². The van der Waals surface area contributed by atoms with Crippen LogP contribution in [0.2, 0.25) is 0 Å². The molecule has 3 aromatic carbocycles. The number of aryl methyl sites for hydroxylation is 1. The highest BCUT2D eigenvalue weighted by Crippen LogP contribution is 2.28. The Morgan fingerprint density at radius 2 is 1.55 bits per heavy atom. The lowest BCUT2D eigenvalue weighted by atomic mass is 10.1. The average Bonchev–Trinajstić information content (AvgIpc) is 3.13. The van der Waals surface area contributed by atoms with Crippen LogP contribution in [0.15, 0.2) is 107 Å². The van der Waals surface area contributed by atoms with E-state index in [2.05, 4.69) is 0 Å². The number of hydrogen-bond donors (Lipinski definition) is 0. The summed E-state index contributed by atoms with van der Waals surface area (Å²) < 4.78 is 6.09. The number of hydrogen-bond acceptors (Lipinski definition) is 2. The molecular formula is C28H25NO2. The van der Waals surface area contributed by atoms with Gasteiger partial charge in [0.2, 0.25) is 0 Å². The molecule has 0 aliphatic heterocycles. The number of allylic oxidation sites excluding steroid dienone is 2. The third kappa shape index (κ3) is 4.67. The van der Waals surface area contributed by atoms with Crippen LogP contribution in [0.5, 0.6) is 0 Å². The Labute approximate surface area is 182 Å². The van der Waals surface area contributed by atoms with E-state index in [9.17, 15) is 4.79 Å². The monoisotopic (exact) mass is 407 g/mol. The van der Waals surface area contributed by atoms with Crippen LogP contribution in [0.25, 0.3) is 17.0 Å². The summed E-state index contributed by atoms with van der Waals surface area (Å²) in [4.78, 5) is 15.2. The van der Waals surface area contributed by atoms with E-state index in [-0.39, 0.29) is 5.91 Å². The smallest absolute Gasteiger partial charge is 0.254 e. The van der Waals surface area contributed by atoms with Gasteiger partial charge in [-0.15, -0.1) is 0 Å². The van der Waals surface area contributed by atoms with Gasteiger partial charge in [0.15, 0.2) is 0 Å². The molecule has 0 unspecified atom stereocenters. The Bertz CT molecular complexity index is 1230. The number of benzene rings is 3. The minimum absolute atomic E-state index is 0.0521. The van der Waals surface area contributed by atoms with Crippen molar-refractivity contribution in [2.75, 3.05) is 4.90 Å². The van der Waals surface area contributed by atoms with Gasteiger partial charge in [-0.3, -0.25) is 4.79 Å². The first-order valence-corrected chi connectivity index (χ1v) is 10.4. The van der Waals surface area contributed by atoms with E-state index in [1.807, 2.05) is 117 Å². The van der Waals surface area contributed by atoms with E-state index < -0.39 is 0 Å². The summed E-state index contributed by atoms with van der Waals surface area (Å²) >= 11 is 0. The number of furan rings is 1. The van der Waals surface area contributed by atoms with Gasteiger partial charge in [-0.05, 0) is 37.6 Å². The first-order valence-electron chi connectivity index (χ1n) is 10.4. The van der Waals surface area contributed by atoms with Gasteiger partial charge >= 0.3 is 0 Å². The number of fused-ring (bicyclic) bond motifs is 1. The number of rotatable bonds is 6. The minimum Gasteiger partial charge on any atom is -0.459 e. The molecule has 1 heterocycles. The maximum absolute atomic E-state index is 13.4. The van der Waals surface area contributed by atoms with Crippen molar-refractivity contribution >= 4 is 28.6 Å². The molecule has 4 rings (SSSR count). The van der Waals surface area contributed by atoms with Crippen LogP contribution in [-0.4, -0.2) is 5.91 Å². The van der Waals surface area contributed by atoms with Gasteiger partial charge in [0, 0.05) is 22.2 Å². The molecule has 0 N–H and O–H groups in total. The SMILES string of the molecule is C/C(=C\C=C\c1ccccc1)C(=O)N(Cc1oc2ccccc2c1C)c1ccccc1.